The molecule has 3 aromatic carbocycles. The molecule has 0 aliphatic rings. The Hall–Kier alpha value is -3.30. The summed E-state index contributed by atoms with van der Waals surface area (Å²) < 4.78 is 0. The summed E-state index contributed by atoms with van der Waals surface area (Å²) in [6.07, 6.45) is 0. The lowest BCUT2D eigenvalue weighted by molar-refractivity contribution is -0.00910. The van der Waals surface area contributed by atoms with Crippen LogP contribution in [0.5, 0.6) is 0 Å². The van der Waals surface area contributed by atoms with E-state index in [4.69, 9.17) is 0 Å². The first kappa shape index (κ1) is 25.3. The van der Waals surface area contributed by atoms with Gasteiger partial charge in [0.05, 0.1) is 0 Å². The van der Waals surface area contributed by atoms with Crippen LogP contribution in [-0.4, -0.2) is 10.2 Å². The Kier molecular flexibility index (Phi) is 7.09. The average molecular weight is 451 g/mol. The highest BCUT2D eigenvalue weighted by Crippen LogP contribution is 2.40. The minimum atomic E-state index is -1.34. The van der Waals surface area contributed by atoms with Gasteiger partial charge >= 0.3 is 0 Å². The molecule has 3 aromatic rings. The number of hydrogen-bond donors (Lipinski definition) is 2. The predicted molar refractivity (Wildman–Crippen MR) is 140 cm³/mol. The lowest BCUT2D eigenvalue weighted by Crippen LogP contribution is -2.38. The van der Waals surface area contributed by atoms with E-state index in [2.05, 4.69) is 23.7 Å². The minimum Gasteiger partial charge on any atom is -0.373 e. The second-order valence-electron chi connectivity index (χ2n) is 10.7. The summed E-state index contributed by atoms with van der Waals surface area (Å²) in [7, 11) is 0. The fourth-order valence-corrected chi connectivity index (χ4v) is 3.76. The van der Waals surface area contributed by atoms with Crippen molar-refractivity contribution in [1.82, 2.24) is 0 Å². The first-order chi connectivity index (χ1) is 15.9. The third-order valence-electron chi connectivity index (χ3n) is 6.24. The second-order valence-corrected chi connectivity index (χ2v) is 10.7. The Balaban J connectivity index is 2.10. The number of rotatable bonds is 2. The van der Waals surface area contributed by atoms with E-state index >= 15 is 0 Å². The first-order valence-corrected chi connectivity index (χ1v) is 11.6. The Morgan fingerprint density at radius 1 is 0.471 bits per heavy atom. The van der Waals surface area contributed by atoms with Gasteiger partial charge in [0.2, 0.25) is 0 Å². The van der Waals surface area contributed by atoms with Crippen LogP contribution in [-0.2, 0) is 11.2 Å². The molecule has 0 amide bonds. The van der Waals surface area contributed by atoms with Gasteiger partial charge in [-0.05, 0) is 23.3 Å². The van der Waals surface area contributed by atoms with Crippen LogP contribution in [0.15, 0.2) is 84.9 Å². The molecule has 0 radical (unpaired) electrons. The van der Waals surface area contributed by atoms with Gasteiger partial charge < -0.3 is 10.2 Å². The molecule has 2 N–H and O–H groups in total. The highest BCUT2D eigenvalue weighted by Gasteiger charge is 2.41. The molecular formula is C32H34O2. The highest BCUT2D eigenvalue weighted by atomic mass is 16.3. The highest BCUT2D eigenvalue weighted by molar-refractivity contribution is 5.53. The predicted octanol–water partition coefficient (Wildman–Crippen LogP) is 6.26. The van der Waals surface area contributed by atoms with Gasteiger partial charge in [0.15, 0.2) is 11.2 Å². The van der Waals surface area contributed by atoms with Gasteiger partial charge in [-0.2, -0.15) is 0 Å². The van der Waals surface area contributed by atoms with Crippen LogP contribution in [0.4, 0.5) is 0 Å². The molecule has 0 bridgehead atoms. The standard InChI is InChI=1S/C32H34O2/c1-29(2,3)31(33,27-17-9-7-10-18-27)23-21-25-15-13-14-16-26(25)22-24-32(34,30(4,5)6)28-19-11-8-12-20-28/h7-20,33-34H,1-6H3. The first-order valence-electron chi connectivity index (χ1n) is 11.6. The van der Waals surface area contributed by atoms with Gasteiger partial charge in [-0.1, -0.05) is 138 Å². The molecule has 0 heterocycles. The molecule has 0 fully saturated rings. The van der Waals surface area contributed by atoms with E-state index in [0.29, 0.717) is 11.1 Å². The van der Waals surface area contributed by atoms with Crippen LogP contribution >= 0.6 is 0 Å². The van der Waals surface area contributed by atoms with E-state index in [-0.39, 0.29) is 0 Å². The summed E-state index contributed by atoms with van der Waals surface area (Å²) in [5.41, 5.74) is -0.787. The quantitative estimate of drug-likeness (QED) is 0.453. The van der Waals surface area contributed by atoms with Crippen molar-refractivity contribution in [2.45, 2.75) is 52.7 Å². The van der Waals surface area contributed by atoms with Crippen LogP contribution in [0, 0.1) is 34.5 Å². The van der Waals surface area contributed by atoms with E-state index in [1.807, 2.05) is 126 Å². The monoisotopic (exact) mass is 450 g/mol. The van der Waals surface area contributed by atoms with Crippen molar-refractivity contribution in [3.63, 3.8) is 0 Å². The Bertz CT molecular complexity index is 1140. The molecule has 0 saturated carbocycles. The van der Waals surface area contributed by atoms with Crippen molar-refractivity contribution in [2.75, 3.05) is 0 Å². The summed E-state index contributed by atoms with van der Waals surface area (Å²) in [6, 6.07) is 26.7. The number of aliphatic hydroxyl groups is 2. The molecule has 2 atom stereocenters. The van der Waals surface area contributed by atoms with Crippen molar-refractivity contribution < 1.29 is 10.2 Å². The summed E-state index contributed by atoms with van der Waals surface area (Å²) in [5, 5.41) is 23.3. The fourth-order valence-electron chi connectivity index (χ4n) is 3.76. The molecule has 174 valence electrons. The van der Waals surface area contributed by atoms with E-state index < -0.39 is 22.0 Å². The second kappa shape index (κ2) is 9.52. The molecule has 2 heteroatoms. The number of benzene rings is 3. The topological polar surface area (TPSA) is 40.5 Å². The largest absolute Gasteiger partial charge is 0.373 e. The summed E-state index contributed by atoms with van der Waals surface area (Å²) in [4.78, 5) is 0. The van der Waals surface area contributed by atoms with Crippen LogP contribution < -0.4 is 0 Å². The Morgan fingerprint density at radius 3 is 1.06 bits per heavy atom. The van der Waals surface area contributed by atoms with E-state index in [1.54, 1.807) is 0 Å². The van der Waals surface area contributed by atoms with Crippen LogP contribution in [0.1, 0.15) is 63.8 Å². The average Bonchev–Trinajstić information content (AvgIpc) is 2.81. The molecule has 2 nitrogen and oxygen atoms in total. The SMILES string of the molecule is CC(C)(C)C(O)(C#Cc1ccccc1C#CC(O)(c1ccccc1)C(C)(C)C)c1ccccc1. The van der Waals surface area contributed by atoms with Crippen molar-refractivity contribution in [3.8, 4) is 23.7 Å². The minimum absolute atomic E-state index is 0.512. The molecule has 34 heavy (non-hydrogen) atoms. The maximum absolute atomic E-state index is 11.6. The molecule has 0 aliphatic heterocycles. The lowest BCUT2D eigenvalue weighted by atomic mass is 9.72. The van der Waals surface area contributed by atoms with Gasteiger partial charge in [-0.3, -0.25) is 0 Å². The molecular weight excluding hydrogens is 416 g/mol. The molecule has 0 spiro atoms. The van der Waals surface area contributed by atoms with Crippen molar-refractivity contribution in [2.24, 2.45) is 10.8 Å². The normalized spacial score (nSPS) is 15.1. The summed E-state index contributed by atoms with van der Waals surface area (Å²) >= 11 is 0. The maximum Gasteiger partial charge on any atom is 0.156 e. The summed E-state index contributed by atoms with van der Waals surface area (Å²) in [6.45, 7) is 11.9. The van der Waals surface area contributed by atoms with Crippen molar-refractivity contribution >= 4 is 0 Å². The molecule has 0 saturated heterocycles. The lowest BCUT2D eigenvalue weighted by Gasteiger charge is -2.36. The van der Waals surface area contributed by atoms with E-state index in [0.717, 1.165) is 11.1 Å². The Morgan fingerprint density at radius 2 is 0.765 bits per heavy atom. The smallest absolute Gasteiger partial charge is 0.156 e. The third-order valence-corrected chi connectivity index (χ3v) is 6.24. The Labute approximate surface area is 204 Å². The summed E-state index contributed by atoms with van der Waals surface area (Å²) in [5.74, 6) is 12.7. The zero-order chi connectivity index (χ0) is 25.0. The van der Waals surface area contributed by atoms with Gasteiger partial charge in [-0.15, -0.1) is 0 Å². The van der Waals surface area contributed by atoms with Gasteiger partial charge in [-0.25, -0.2) is 0 Å². The number of hydrogen-bond acceptors (Lipinski definition) is 2. The zero-order valence-corrected chi connectivity index (χ0v) is 21.0. The molecule has 0 aliphatic carbocycles. The van der Waals surface area contributed by atoms with Gasteiger partial charge in [0.1, 0.15) is 0 Å². The molecule has 3 rings (SSSR count). The zero-order valence-electron chi connectivity index (χ0n) is 21.0. The maximum atomic E-state index is 11.6. The molecule has 2 unspecified atom stereocenters. The molecule has 0 aromatic heterocycles. The third kappa shape index (κ3) is 5.10. The van der Waals surface area contributed by atoms with Crippen LogP contribution in [0.2, 0.25) is 0 Å². The van der Waals surface area contributed by atoms with E-state index in [9.17, 15) is 10.2 Å². The van der Waals surface area contributed by atoms with Crippen LogP contribution in [0.3, 0.4) is 0 Å². The van der Waals surface area contributed by atoms with Crippen molar-refractivity contribution in [1.29, 1.82) is 0 Å². The van der Waals surface area contributed by atoms with Crippen molar-refractivity contribution in [3.05, 3.63) is 107 Å². The van der Waals surface area contributed by atoms with Crippen LogP contribution in [0.25, 0.3) is 0 Å². The van der Waals surface area contributed by atoms with Gasteiger partial charge in [0, 0.05) is 22.0 Å². The fraction of sp³-hybridized carbons (Fsp3) is 0.312. The van der Waals surface area contributed by atoms with Gasteiger partial charge in [0.25, 0.3) is 0 Å². The van der Waals surface area contributed by atoms with E-state index in [1.165, 1.54) is 0 Å².